The molecule has 2 nitrogen and oxygen atoms in total. The molecule has 15 heavy (non-hydrogen) atoms. The molecule has 0 aliphatic carbocycles. The summed E-state index contributed by atoms with van der Waals surface area (Å²) in [6.45, 7) is 4.44. The van der Waals surface area contributed by atoms with E-state index in [9.17, 15) is 0 Å². The fraction of sp³-hybridized carbons (Fsp3) is 0.667. The van der Waals surface area contributed by atoms with Gasteiger partial charge in [-0.05, 0) is 58.5 Å². The summed E-state index contributed by atoms with van der Waals surface area (Å²) in [6, 6.07) is 4.42. The molecular weight excluding hydrogens is 204 g/mol. The van der Waals surface area contributed by atoms with Gasteiger partial charge >= 0.3 is 0 Å². The number of aryl methyl sites for hydroxylation is 1. The van der Waals surface area contributed by atoms with Crippen LogP contribution < -0.4 is 5.73 Å². The molecule has 0 amide bonds. The molecule has 1 aliphatic heterocycles. The molecule has 2 N–H and O–H groups in total. The van der Waals surface area contributed by atoms with Crippen molar-refractivity contribution < 1.29 is 0 Å². The first-order valence-electron chi connectivity index (χ1n) is 5.60. The number of likely N-dealkylation sites (tertiary alicyclic amines) is 1. The molecule has 0 aromatic carbocycles. The highest BCUT2D eigenvalue weighted by Gasteiger charge is 2.29. The summed E-state index contributed by atoms with van der Waals surface area (Å²) in [5.41, 5.74) is 6.49. The van der Waals surface area contributed by atoms with Gasteiger partial charge in [0.25, 0.3) is 0 Å². The maximum Gasteiger partial charge on any atom is 0.0227 e. The topological polar surface area (TPSA) is 29.3 Å². The van der Waals surface area contributed by atoms with Crippen LogP contribution in [0.5, 0.6) is 0 Å². The van der Waals surface area contributed by atoms with E-state index in [2.05, 4.69) is 31.0 Å². The average molecular weight is 224 g/mol. The molecule has 0 unspecified atom stereocenters. The fourth-order valence-electron chi connectivity index (χ4n) is 2.17. The molecule has 0 bridgehead atoms. The Hall–Kier alpha value is -0.380. The van der Waals surface area contributed by atoms with Crippen molar-refractivity contribution in [3.63, 3.8) is 0 Å². The van der Waals surface area contributed by atoms with Gasteiger partial charge in [0.05, 0.1) is 0 Å². The summed E-state index contributed by atoms with van der Waals surface area (Å²) in [4.78, 5) is 5.20. The van der Waals surface area contributed by atoms with Crippen molar-refractivity contribution in [3.05, 3.63) is 21.9 Å². The summed E-state index contributed by atoms with van der Waals surface area (Å²) < 4.78 is 0. The van der Waals surface area contributed by atoms with Crippen molar-refractivity contribution in [2.75, 3.05) is 20.1 Å². The van der Waals surface area contributed by atoms with Gasteiger partial charge in [-0.1, -0.05) is 0 Å². The van der Waals surface area contributed by atoms with Gasteiger partial charge in [0.2, 0.25) is 0 Å². The molecule has 1 fully saturated rings. The molecule has 1 aliphatic rings. The molecule has 0 spiro atoms. The van der Waals surface area contributed by atoms with Crippen molar-refractivity contribution in [2.24, 2.45) is 5.73 Å². The van der Waals surface area contributed by atoms with E-state index in [-0.39, 0.29) is 5.54 Å². The van der Waals surface area contributed by atoms with Crippen LogP contribution in [0.1, 0.15) is 22.6 Å². The Morgan fingerprint density at radius 3 is 2.60 bits per heavy atom. The van der Waals surface area contributed by atoms with Crippen molar-refractivity contribution in [1.29, 1.82) is 0 Å². The third-order valence-corrected chi connectivity index (χ3v) is 4.31. The van der Waals surface area contributed by atoms with Crippen LogP contribution in [-0.4, -0.2) is 30.6 Å². The van der Waals surface area contributed by atoms with Crippen LogP contribution in [0.4, 0.5) is 0 Å². The highest BCUT2D eigenvalue weighted by atomic mass is 32.1. The predicted molar refractivity (Wildman–Crippen MR) is 66.4 cm³/mol. The number of thiophene rings is 1. The van der Waals surface area contributed by atoms with E-state index in [1.54, 1.807) is 0 Å². The number of piperidine rings is 1. The second kappa shape index (κ2) is 4.24. The Morgan fingerprint density at radius 1 is 1.40 bits per heavy atom. The fourth-order valence-corrected chi connectivity index (χ4v) is 3.21. The first-order chi connectivity index (χ1) is 7.07. The smallest absolute Gasteiger partial charge is 0.0227 e. The average Bonchev–Trinajstić information content (AvgIpc) is 2.57. The number of rotatable bonds is 2. The van der Waals surface area contributed by atoms with Crippen LogP contribution in [-0.2, 0) is 6.42 Å². The van der Waals surface area contributed by atoms with Gasteiger partial charge in [0.1, 0.15) is 0 Å². The van der Waals surface area contributed by atoms with Crippen LogP contribution in [0.3, 0.4) is 0 Å². The van der Waals surface area contributed by atoms with E-state index in [1.807, 2.05) is 11.3 Å². The SMILES string of the molecule is Cc1ccc(CC2(N)CCN(C)CC2)s1. The Kier molecular flexibility index (Phi) is 3.14. The highest BCUT2D eigenvalue weighted by Crippen LogP contribution is 2.26. The Bertz CT molecular complexity index is 324. The van der Waals surface area contributed by atoms with Crippen molar-refractivity contribution in [2.45, 2.75) is 31.7 Å². The first kappa shape index (κ1) is 11.1. The van der Waals surface area contributed by atoms with Crippen molar-refractivity contribution in [1.82, 2.24) is 4.90 Å². The maximum atomic E-state index is 6.44. The highest BCUT2D eigenvalue weighted by molar-refractivity contribution is 7.11. The Morgan fingerprint density at radius 2 is 2.07 bits per heavy atom. The van der Waals surface area contributed by atoms with Gasteiger partial charge in [0.15, 0.2) is 0 Å². The summed E-state index contributed by atoms with van der Waals surface area (Å²) in [5.74, 6) is 0. The lowest BCUT2D eigenvalue weighted by Gasteiger charge is -2.37. The Labute approximate surface area is 96.1 Å². The molecule has 1 aromatic rings. The zero-order valence-corrected chi connectivity index (χ0v) is 10.4. The maximum absolute atomic E-state index is 6.44. The van der Waals surface area contributed by atoms with Gasteiger partial charge in [-0.15, -0.1) is 11.3 Å². The van der Waals surface area contributed by atoms with Gasteiger partial charge in [-0.2, -0.15) is 0 Å². The molecule has 84 valence electrons. The minimum absolute atomic E-state index is 0.0454. The van der Waals surface area contributed by atoms with Crippen LogP contribution >= 0.6 is 11.3 Å². The molecule has 0 atom stereocenters. The second-order valence-corrected chi connectivity index (χ2v) is 6.23. The standard InChI is InChI=1S/C12H20N2S/c1-10-3-4-11(15-10)9-12(13)5-7-14(2)8-6-12/h3-4H,5-9,13H2,1-2H3. The van der Waals surface area contributed by atoms with Gasteiger partial charge in [-0.3, -0.25) is 0 Å². The van der Waals surface area contributed by atoms with Gasteiger partial charge in [-0.25, -0.2) is 0 Å². The van der Waals surface area contributed by atoms with E-state index >= 15 is 0 Å². The summed E-state index contributed by atoms with van der Waals surface area (Å²) in [7, 11) is 2.18. The minimum Gasteiger partial charge on any atom is -0.325 e. The largest absolute Gasteiger partial charge is 0.325 e. The van der Waals surface area contributed by atoms with E-state index in [4.69, 9.17) is 5.73 Å². The summed E-state index contributed by atoms with van der Waals surface area (Å²) >= 11 is 1.89. The monoisotopic (exact) mass is 224 g/mol. The quantitative estimate of drug-likeness (QED) is 0.833. The third-order valence-electron chi connectivity index (χ3n) is 3.31. The molecule has 0 saturated carbocycles. The van der Waals surface area contributed by atoms with Crippen LogP contribution in [0.2, 0.25) is 0 Å². The summed E-state index contributed by atoms with van der Waals surface area (Å²) in [6.07, 6.45) is 3.31. The minimum atomic E-state index is 0.0454. The zero-order valence-electron chi connectivity index (χ0n) is 9.62. The zero-order chi connectivity index (χ0) is 10.9. The molecule has 1 saturated heterocycles. The third kappa shape index (κ3) is 2.80. The van der Waals surface area contributed by atoms with E-state index in [0.29, 0.717) is 0 Å². The van der Waals surface area contributed by atoms with E-state index in [0.717, 1.165) is 32.4 Å². The lowest BCUT2D eigenvalue weighted by molar-refractivity contribution is 0.190. The molecular formula is C12H20N2S. The van der Waals surface area contributed by atoms with Crippen LogP contribution in [0.25, 0.3) is 0 Å². The van der Waals surface area contributed by atoms with Crippen molar-refractivity contribution in [3.8, 4) is 0 Å². The van der Waals surface area contributed by atoms with E-state index < -0.39 is 0 Å². The molecule has 0 radical (unpaired) electrons. The lowest BCUT2D eigenvalue weighted by Crippen LogP contribution is -2.50. The summed E-state index contributed by atoms with van der Waals surface area (Å²) in [5, 5.41) is 0. The number of nitrogens with zero attached hydrogens (tertiary/aromatic N) is 1. The van der Waals surface area contributed by atoms with Crippen LogP contribution in [0, 0.1) is 6.92 Å². The molecule has 1 aromatic heterocycles. The van der Waals surface area contributed by atoms with E-state index in [1.165, 1.54) is 9.75 Å². The van der Waals surface area contributed by atoms with Gasteiger partial charge < -0.3 is 10.6 Å². The number of hydrogen-bond acceptors (Lipinski definition) is 3. The molecule has 2 heterocycles. The second-order valence-electron chi connectivity index (χ2n) is 4.85. The lowest BCUT2D eigenvalue weighted by atomic mass is 9.85. The first-order valence-corrected chi connectivity index (χ1v) is 6.42. The predicted octanol–water partition coefficient (Wildman–Crippen LogP) is 2.02. The molecule has 3 heteroatoms. The van der Waals surface area contributed by atoms with Crippen LogP contribution in [0.15, 0.2) is 12.1 Å². The van der Waals surface area contributed by atoms with Gasteiger partial charge in [0, 0.05) is 15.3 Å². The molecule has 2 rings (SSSR count). The number of hydrogen-bond donors (Lipinski definition) is 1. The number of nitrogens with two attached hydrogens (primary N) is 1. The van der Waals surface area contributed by atoms with Crippen molar-refractivity contribution >= 4 is 11.3 Å². The Balaban J connectivity index is 1.99. The normalized spacial score (nSPS) is 21.8.